The monoisotopic (exact) mass is 643 g/mol. The van der Waals surface area contributed by atoms with Gasteiger partial charge in [-0.05, 0) is 55.3 Å². The largest absolute Gasteiger partial charge is 0.354 e. The molecule has 1 atom stereocenters. The zero-order valence-electron chi connectivity index (χ0n) is 21.9. The normalized spacial score (nSPS) is 12.1. The number of carbonyl (C=O) groups is 2. The van der Waals surface area contributed by atoms with Crippen LogP contribution < -0.4 is 9.62 Å². The summed E-state index contributed by atoms with van der Waals surface area (Å²) in [6, 6.07) is 16.0. The van der Waals surface area contributed by atoms with Gasteiger partial charge < -0.3 is 10.2 Å². The zero-order valence-corrected chi connectivity index (χ0v) is 25.8. The maximum Gasteiger partial charge on any atom is 0.264 e. The number of hydrogen-bond acceptors (Lipinski definition) is 4. The highest BCUT2D eigenvalue weighted by Crippen LogP contribution is 2.32. The topological polar surface area (TPSA) is 86.8 Å². The highest BCUT2D eigenvalue weighted by Gasteiger charge is 2.34. The molecule has 12 heteroatoms. The highest BCUT2D eigenvalue weighted by atomic mass is 35.5. The quantitative estimate of drug-likeness (QED) is 0.234. The van der Waals surface area contributed by atoms with E-state index in [4.69, 9.17) is 46.4 Å². The summed E-state index contributed by atoms with van der Waals surface area (Å²) < 4.78 is 28.6. The van der Waals surface area contributed by atoms with E-state index in [0.717, 1.165) is 4.31 Å². The molecule has 214 valence electrons. The Hall–Kier alpha value is -2.49. The number of hydrogen-bond donors (Lipinski definition) is 1. The minimum atomic E-state index is -4.24. The van der Waals surface area contributed by atoms with E-state index in [0.29, 0.717) is 28.6 Å². The van der Waals surface area contributed by atoms with Crippen molar-refractivity contribution in [2.24, 2.45) is 0 Å². The lowest BCUT2D eigenvalue weighted by Crippen LogP contribution is -2.52. The molecule has 0 aromatic heterocycles. The van der Waals surface area contributed by atoms with Crippen molar-refractivity contribution >= 4 is 73.9 Å². The first kappa shape index (κ1) is 32.0. The van der Waals surface area contributed by atoms with Crippen molar-refractivity contribution in [3.05, 3.63) is 92.4 Å². The summed E-state index contributed by atoms with van der Waals surface area (Å²) in [5, 5.41) is 3.79. The molecular formula is C28H29Cl4N3O4S. The van der Waals surface area contributed by atoms with Gasteiger partial charge in [0.2, 0.25) is 11.8 Å². The Labute approximate surface area is 255 Å². The number of nitrogens with zero attached hydrogens (tertiary/aromatic N) is 2. The van der Waals surface area contributed by atoms with E-state index in [1.54, 1.807) is 43.3 Å². The van der Waals surface area contributed by atoms with Crippen molar-refractivity contribution in [2.75, 3.05) is 17.4 Å². The van der Waals surface area contributed by atoms with E-state index in [-0.39, 0.29) is 39.5 Å². The highest BCUT2D eigenvalue weighted by molar-refractivity contribution is 7.92. The van der Waals surface area contributed by atoms with Crippen molar-refractivity contribution in [1.82, 2.24) is 10.2 Å². The van der Waals surface area contributed by atoms with Gasteiger partial charge in [-0.25, -0.2) is 8.42 Å². The SMILES string of the molecule is CCCNC(=O)[C@@H](CC)N(Cc1c(Cl)cccc1Cl)C(=O)CN(c1ccc(Cl)c(Cl)c1)S(=O)(=O)c1ccccc1. The van der Waals surface area contributed by atoms with Gasteiger partial charge in [-0.3, -0.25) is 13.9 Å². The third-order valence-electron chi connectivity index (χ3n) is 6.13. The molecule has 0 aliphatic heterocycles. The van der Waals surface area contributed by atoms with Gasteiger partial charge in [0.1, 0.15) is 12.6 Å². The molecule has 3 rings (SSSR count). The Kier molecular flexibility index (Phi) is 11.5. The molecule has 0 spiro atoms. The van der Waals surface area contributed by atoms with Gasteiger partial charge in [0.15, 0.2) is 0 Å². The maximum atomic E-state index is 14.1. The van der Waals surface area contributed by atoms with Crippen molar-refractivity contribution in [1.29, 1.82) is 0 Å². The molecule has 0 unspecified atom stereocenters. The number of benzene rings is 3. The number of rotatable bonds is 12. The third-order valence-corrected chi connectivity index (χ3v) is 9.36. The fourth-order valence-electron chi connectivity index (χ4n) is 4.03. The lowest BCUT2D eigenvalue weighted by Gasteiger charge is -2.33. The van der Waals surface area contributed by atoms with Crippen LogP contribution in [0, 0.1) is 0 Å². The molecule has 0 fully saturated rings. The molecule has 2 amide bonds. The third kappa shape index (κ3) is 7.62. The molecule has 7 nitrogen and oxygen atoms in total. The second kappa shape index (κ2) is 14.4. The van der Waals surface area contributed by atoms with Crippen LogP contribution in [0.5, 0.6) is 0 Å². The summed E-state index contributed by atoms with van der Waals surface area (Å²) in [7, 11) is -4.24. The van der Waals surface area contributed by atoms with Crippen molar-refractivity contribution in [2.45, 2.75) is 44.2 Å². The molecule has 0 saturated heterocycles. The van der Waals surface area contributed by atoms with Crippen LogP contribution in [-0.4, -0.2) is 44.3 Å². The van der Waals surface area contributed by atoms with Gasteiger partial charge in [-0.2, -0.15) is 0 Å². The number of halogens is 4. The molecule has 1 N–H and O–H groups in total. The van der Waals surface area contributed by atoms with Crippen LogP contribution in [0.1, 0.15) is 32.3 Å². The van der Waals surface area contributed by atoms with Crippen LogP contribution in [-0.2, 0) is 26.2 Å². The van der Waals surface area contributed by atoms with Gasteiger partial charge in [-0.15, -0.1) is 0 Å². The van der Waals surface area contributed by atoms with Crippen molar-refractivity contribution < 1.29 is 18.0 Å². The fraction of sp³-hybridized carbons (Fsp3) is 0.286. The van der Waals surface area contributed by atoms with Crippen LogP contribution in [0.4, 0.5) is 5.69 Å². The van der Waals surface area contributed by atoms with Gasteiger partial charge >= 0.3 is 0 Å². The summed E-state index contributed by atoms with van der Waals surface area (Å²) in [6.45, 7) is 3.35. The molecule has 0 radical (unpaired) electrons. The summed E-state index contributed by atoms with van der Waals surface area (Å²) in [6.07, 6.45) is 0.967. The van der Waals surface area contributed by atoms with Gasteiger partial charge in [0, 0.05) is 28.7 Å². The van der Waals surface area contributed by atoms with Crippen LogP contribution >= 0.6 is 46.4 Å². The smallest absolute Gasteiger partial charge is 0.264 e. The summed E-state index contributed by atoms with van der Waals surface area (Å²) in [5.74, 6) is -1.01. The Morgan fingerprint density at radius 2 is 1.50 bits per heavy atom. The van der Waals surface area contributed by atoms with E-state index in [1.165, 1.54) is 35.2 Å². The Morgan fingerprint density at radius 1 is 0.850 bits per heavy atom. The van der Waals surface area contributed by atoms with Gasteiger partial charge in [0.05, 0.1) is 20.6 Å². The molecule has 3 aromatic rings. The first-order chi connectivity index (χ1) is 19.0. The van der Waals surface area contributed by atoms with Crippen LogP contribution in [0.25, 0.3) is 0 Å². The number of amides is 2. The summed E-state index contributed by atoms with van der Waals surface area (Å²) in [5.41, 5.74) is 0.568. The Balaban J connectivity index is 2.10. The van der Waals surface area contributed by atoms with E-state index >= 15 is 0 Å². The Bertz CT molecular complexity index is 1430. The molecule has 0 bridgehead atoms. The molecule has 0 heterocycles. The van der Waals surface area contributed by atoms with Crippen molar-refractivity contribution in [3.8, 4) is 0 Å². The molecule has 0 saturated carbocycles. The van der Waals surface area contributed by atoms with E-state index in [2.05, 4.69) is 5.32 Å². The predicted molar refractivity (Wildman–Crippen MR) is 162 cm³/mol. The minimum Gasteiger partial charge on any atom is -0.354 e. The van der Waals surface area contributed by atoms with E-state index in [9.17, 15) is 18.0 Å². The van der Waals surface area contributed by atoms with Crippen molar-refractivity contribution in [3.63, 3.8) is 0 Å². The molecule has 0 aliphatic rings. The van der Waals surface area contributed by atoms with E-state index < -0.39 is 28.5 Å². The number of nitrogens with one attached hydrogen (secondary N) is 1. The Morgan fingerprint density at radius 3 is 2.08 bits per heavy atom. The van der Waals surface area contributed by atoms with Crippen LogP contribution in [0.2, 0.25) is 20.1 Å². The molecule has 40 heavy (non-hydrogen) atoms. The zero-order chi connectivity index (χ0) is 29.4. The first-order valence-corrected chi connectivity index (χ1v) is 15.5. The number of sulfonamides is 1. The van der Waals surface area contributed by atoms with Crippen LogP contribution in [0.15, 0.2) is 71.6 Å². The lowest BCUT2D eigenvalue weighted by molar-refractivity contribution is -0.140. The fourth-order valence-corrected chi connectivity index (χ4v) is 6.26. The number of anilines is 1. The summed E-state index contributed by atoms with van der Waals surface area (Å²) in [4.78, 5) is 28.5. The average Bonchev–Trinajstić information content (AvgIpc) is 2.93. The first-order valence-electron chi connectivity index (χ1n) is 12.5. The molecule has 0 aliphatic carbocycles. The minimum absolute atomic E-state index is 0.0256. The predicted octanol–water partition coefficient (Wildman–Crippen LogP) is 6.83. The van der Waals surface area contributed by atoms with Gasteiger partial charge in [-0.1, -0.05) is 84.5 Å². The van der Waals surface area contributed by atoms with Crippen LogP contribution in [0.3, 0.4) is 0 Å². The molecule has 3 aromatic carbocycles. The number of carbonyl (C=O) groups excluding carboxylic acids is 2. The maximum absolute atomic E-state index is 14.1. The van der Waals surface area contributed by atoms with E-state index in [1.807, 2.05) is 6.92 Å². The van der Waals surface area contributed by atoms with Gasteiger partial charge in [0.25, 0.3) is 10.0 Å². The average molecular weight is 645 g/mol. The molecular weight excluding hydrogens is 616 g/mol. The lowest BCUT2D eigenvalue weighted by atomic mass is 10.1. The summed E-state index contributed by atoms with van der Waals surface area (Å²) >= 11 is 25.2. The second-order valence-electron chi connectivity index (χ2n) is 8.86. The standard InChI is InChI=1S/C28H29Cl4N3O4S/c1-3-15-33-28(37)26(4-2)34(17-21-22(29)11-8-12-23(21)30)27(36)18-35(19-13-14-24(31)25(32)16-19)40(38,39)20-9-6-5-7-10-20/h5-14,16,26H,3-4,15,17-18H2,1-2H3,(H,33,37)/t26-/m1/s1. The second-order valence-corrected chi connectivity index (χ2v) is 12.4.